The molecule has 0 fully saturated rings. The van der Waals surface area contributed by atoms with Gasteiger partial charge in [0.05, 0.1) is 0 Å². The van der Waals surface area contributed by atoms with Gasteiger partial charge in [-0.3, -0.25) is 0 Å². The van der Waals surface area contributed by atoms with Crippen LogP contribution in [0.1, 0.15) is 0 Å². The molecule has 0 aliphatic heterocycles. The van der Waals surface area contributed by atoms with Crippen molar-refractivity contribution in [3.8, 4) is 0 Å². The summed E-state index contributed by atoms with van der Waals surface area (Å²) >= 11 is 9.43. The maximum absolute atomic E-state index is 10.7. The number of halogens is 4. The van der Waals surface area contributed by atoms with Crippen LogP contribution in [0.3, 0.4) is 0 Å². The van der Waals surface area contributed by atoms with Gasteiger partial charge in [-0.05, 0) is 0 Å². The van der Waals surface area contributed by atoms with Crippen LogP contribution in [0, 0.1) is 0 Å². The topological polar surface area (TPSA) is 0 Å². The lowest BCUT2D eigenvalue weighted by Crippen LogP contribution is -1.35. The Labute approximate surface area is 51.3 Å². The lowest BCUT2D eigenvalue weighted by atomic mass is 11.2. The van der Waals surface area contributed by atoms with Gasteiger partial charge >= 0.3 is 0 Å². The molecule has 0 radical (unpaired) electrons. The molecule has 0 rings (SSSR count). The lowest BCUT2D eigenvalue weighted by Gasteiger charge is -1.63. The molecule has 0 amide bonds. The summed E-state index contributed by atoms with van der Waals surface area (Å²) in [7, 11) is 0. The van der Waals surface area contributed by atoms with E-state index in [9.17, 15) is 4.39 Å². The van der Waals surface area contributed by atoms with Crippen LogP contribution >= 0.6 is 35.6 Å². The molecule has 0 aromatic rings. The van der Waals surface area contributed by atoms with Crippen LogP contribution in [-0.2, 0) is 0 Å². The van der Waals surface area contributed by atoms with Crippen molar-refractivity contribution in [2.45, 2.75) is 0 Å². The van der Waals surface area contributed by atoms with E-state index in [2.05, 4.69) is 0 Å². The third-order valence-electron chi connectivity index (χ3n) is 0.0825. The van der Waals surface area contributed by atoms with Gasteiger partial charge in [-0.15, -0.1) is 12.4 Å². The third-order valence-corrected chi connectivity index (χ3v) is 0.247. The van der Waals surface area contributed by atoms with Gasteiger partial charge in [0.15, 0.2) is 0 Å². The van der Waals surface area contributed by atoms with Gasteiger partial charge in [-0.2, -0.15) is 0 Å². The minimum absolute atomic E-state index is 0. The molecule has 0 saturated heterocycles. The first-order chi connectivity index (χ1) is 2.27. The summed E-state index contributed by atoms with van der Waals surface area (Å²) < 4.78 is 10.3. The molecule has 38 valence electrons. The van der Waals surface area contributed by atoms with Crippen LogP contribution in [0.2, 0.25) is 0 Å². The third kappa shape index (κ3) is 8.82. The maximum Gasteiger partial charge on any atom is 0.134 e. The molecular weight excluding hydrogens is 149 g/mol. The second kappa shape index (κ2) is 5.54. The molecule has 0 unspecified atom stereocenters. The molecule has 0 aliphatic rings. The summed E-state index contributed by atoms with van der Waals surface area (Å²) in [4.78, 5) is 0. The second-order valence-electron chi connectivity index (χ2n) is 0.399. The van der Waals surface area contributed by atoms with E-state index in [1.807, 2.05) is 0 Å². The predicted molar refractivity (Wildman–Crippen MR) is 28.1 cm³/mol. The van der Waals surface area contributed by atoms with E-state index in [0.29, 0.717) is 0 Å². The molecule has 0 aromatic carbocycles. The molecule has 0 N–H and O–H groups in total. The second-order valence-corrected chi connectivity index (χ2v) is 1.41. The van der Waals surface area contributed by atoms with Gasteiger partial charge in [0.25, 0.3) is 0 Å². The summed E-state index contributed by atoms with van der Waals surface area (Å²) in [6.07, 6.45) is 0.114. The Bertz CT molecular complexity index is 46.8. The highest BCUT2D eigenvalue weighted by atomic mass is 35.5. The SMILES string of the molecule is Cl.FC=C(Cl)Cl. The molecule has 0 bridgehead atoms. The largest absolute Gasteiger partial charge is 0.213 e. The van der Waals surface area contributed by atoms with Crippen LogP contribution in [-0.4, -0.2) is 0 Å². The van der Waals surface area contributed by atoms with Gasteiger partial charge in [0.1, 0.15) is 10.8 Å². The van der Waals surface area contributed by atoms with Crippen molar-refractivity contribution < 1.29 is 4.39 Å². The quantitative estimate of drug-likeness (QED) is 0.499. The molecule has 0 aliphatic carbocycles. The van der Waals surface area contributed by atoms with E-state index in [0.717, 1.165) is 0 Å². The highest BCUT2D eigenvalue weighted by Gasteiger charge is 1.72. The molecule has 0 heterocycles. The first kappa shape index (κ1) is 9.74. The molecule has 4 heteroatoms. The smallest absolute Gasteiger partial charge is 0.134 e. The van der Waals surface area contributed by atoms with E-state index in [1.165, 1.54) is 0 Å². The van der Waals surface area contributed by atoms with Gasteiger partial charge in [0.2, 0.25) is 0 Å². The van der Waals surface area contributed by atoms with E-state index in [-0.39, 0.29) is 23.2 Å². The van der Waals surface area contributed by atoms with Gasteiger partial charge < -0.3 is 0 Å². The van der Waals surface area contributed by atoms with Crippen molar-refractivity contribution >= 4 is 35.6 Å². The molecule has 0 nitrogen and oxygen atoms in total. The zero-order chi connectivity index (χ0) is 4.28. The predicted octanol–water partition coefficient (Wildman–Crippen LogP) is 2.65. The van der Waals surface area contributed by atoms with Gasteiger partial charge in [0, 0.05) is 0 Å². The van der Waals surface area contributed by atoms with E-state index in [4.69, 9.17) is 23.2 Å². The fourth-order valence-electron chi connectivity index (χ4n) is 0. The Hall–Kier alpha value is 0.540. The Morgan fingerprint density at radius 1 is 1.50 bits per heavy atom. The average molecular weight is 151 g/mol. The highest BCUT2D eigenvalue weighted by Crippen LogP contribution is 2.04. The molecular formula is C2H2Cl3F. The maximum atomic E-state index is 10.7. The normalized spacial score (nSPS) is 5.83. The van der Waals surface area contributed by atoms with Crippen molar-refractivity contribution in [1.29, 1.82) is 0 Å². The van der Waals surface area contributed by atoms with Crippen LogP contribution in [0.5, 0.6) is 0 Å². The van der Waals surface area contributed by atoms with Crippen molar-refractivity contribution in [3.63, 3.8) is 0 Å². The van der Waals surface area contributed by atoms with Crippen LogP contribution in [0.15, 0.2) is 10.8 Å². The first-order valence-corrected chi connectivity index (χ1v) is 1.64. The number of hydrogen-bond donors (Lipinski definition) is 0. The Kier molecular flexibility index (Phi) is 8.99. The fraction of sp³-hybridized carbons (Fsp3) is 0. The summed E-state index contributed by atoms with van der Waals surface area (Å²) in [6.45, 7) is 0. The lowest BCUT2D eigenvalue weighted by molar-refractivity contribution is 0.721. The van der Waals surface area contributed by atoms with Crippen molar-refractivity contribution in [2.75, 3.05) is 0 Å². The summed E-state index contributed by atoms with van der Waals surface area (Å²) in [5, 5.41) is 0. The zero-order valence-electron chi connectivity index (χ0n) is 2.62. The molecule has 0 aromatic heterocycles. The highest BCUT2D eigenvalue weighted by molar-refractivity contribution is 6.55. The van der Waals surface area contributed by atoms with Gasteiger partial charge in [-0.1, -0.05) is 23.2 Å². The minimum atomic E-state index is -0.343. The summed E-state index contributed by atoms with van der Waals surface area (Å²) in [5.41, 5.74) is 0. The van der Waals surface area contributed by atoms with Crippen LogP contribution < -0.4 is 0 Å². The molecule has 0 spiro atoms. The van der Waals surface area contributed by atoms with Crippen molar-refractivity contribution in [1.82, 2.24) is 0 Å². The summed E-state index contributed by atoms with van der Waals surface area (Å²) in [6, 6.07) is 0. The number of rotatable bonds is 0. The van der Waals surface area contributed by atoms with Crippen molar-refractivity contribution in [2.24, 2.45) is 0 Å². The number of hydrogen-bond acceptors (Lipinski definition) is 0. The first-order valence-electron chi connectivity index (χ1n) is 0.885. The Morgan fingerprint density at radius 3 is 1.67 bits per heavy atom. The van der Waals surface area contributed by atoms with Gasteiger partial charge in [-0.25, -0.2) is 4.39 Å². The minimum Gasteiger partial charge on any atom is -0.213 e. The Balaban J connectivity index is 0. The fourth-order valence-corrected chi connectivity index (χ4v) is 0. The monoisotopic (exact) mass is 150 g/mol. The van der Waals surface area contributed by atoms with Crippen LogP contribution in [0.25, 0.3) is 0 Å². The van der Waals surface area contributed by atoms with Crippen LogP contribution in [0.4, 0.5) is 4.39 Å². The average Bonchev–Trinajstić information content (AvgIpc) is 1.38. The van der Waals surface area contributed by atoms with Crippen molar-refractivity contribution in [3.05, 3.63) is 10.8 Å². The van der Waals surface area contributed by atoms with E-state index < -0.39 is 0 Å². The van der Waals surface area contributed by atoms with E-state index >= 15 is 0 Å². The van der Waals surface area contributed by atoms with E-state index in [1.54, 1.807) is 0 Å². The zero-order valence-corrected chi connectivity index (χ0v) is 4.95. The molecule has 0 saturated carbocycles. The Morgan fingerprint density at radius 2 is 1.67 bits per heavy atom. The standard InChI is InChI=1S/C2HCl2F.ClH/c3-2(4)1-5;/h1H;1H. The summed E-state index contributed by atoms with van der Waals surface area (Å²) in [5.74, 6) is 0. The molecule has 6 heavy (non-hydrogen) atoms. The molecule has 0 atom stereocenters.